The lowest BCUT2D eigenvalue weighted by Crippen LogP contribution is -2.38. The molecule has 0 fully saturated rings. The van der Waals surface area contributed by atoms with Crippen LogP contribution in [0.5, 0.6) is 11.5 Å². The first kappa shape index (κ1) is 25.6. The fourth-order valence-electron chi connectivity index (χ4n) is 2.39. The van der Waals surface area contributed by atoms with Crippen LogP contribution < -0.4 is 14.8 Å². The van der Waals surface area contributed by atoms with Gasteiger partial charge >= 0.3 is 0 Å². The lowest BCUT2D eigenvalue weighted by atomic mass is 10.2. The summed E-state index contributed by atoms with van der Waals surface area (Å²) in [6, 6.07) is 7.64. The van der Waals surface area contributed by atoms with Crippen molar-refractivity contribution >= 4 is 35.0 Å². The normalized spacial score (nSPS) is 11.6. The van der Waals surface area contributed by atoms with E-state index in [0.29, 0.717) is 0 Å². The number of benzene rings is 2. The van der Waals surface area contributed by atoms with E-state index < -0.39 is 23.6 Å². The van der Waals surface area contributed by atoms with Gasteiger partial charge in [0.25, 0.3) is 11.8 Å². The molecule has 7 nitrogen and oxygen atoms in total. The number of halogens is 4. The third kappa shape index (κ3) is 8.49. The van der Waals surface area contributed by atoms with Crippen molar-refractivity contribution in [3.05, 3.63) is 58.1 Å². The zero-order chi connectivity index (χ0) is 23.7. The molecule has 11 heteroatoms. The van der Waals surface area contributed by atoms with E-state index in [-0.39, 0.29) is 60.2 Å². The summed E-state index contributed by atoms with van der Waals surface area (Å²) in [5, 5.41) is 12.4. The van der Waals surface area contributed by atoms with Gasteiger partial charge in [-0.25, -0.2) is 8.78 Å². The standard InChI is InChI=1S/C21H22Cl2F2N2O5/c1-27(21(30)12-32-15-3-5-17(23)19(25)9-15)7-6-13(28)10-26-20(29)11-31-14-2-4-16(22)18(24)8-14/h2-5,8-9,13,28H,6-7,10-12H2,1H3,(H,26,29)/t13-/m0/s1. The third-order valence-corrected chi connectivity index (χ3v) is 4.89. The summed E-state index contributed by atoms with van der Waals surface area (Å²) in [6.07, 6.45) is -0.713. The Morgan fingerprint density at radius 1 is 1.03 bits per heavy atom. The summed E-state index contributed by atoms with van der Waals surface area (Å²) in [7, 11) is 1.53. The molecule has 2 amide bonds. The summed E-state index contributed by atoms with van der Waals surface area (Å²) < 4.78 is 37.1. The second kappa shape index (κ2) is 12.4. The number of aliphatic hydroxyl groups is 1. The lowest BCUT2D eigenvalue weighted by Gasteiger charge is -2.19. The maximum absolute atomic E-state index is 13.4. The van der Waals surface area contributed by atoms with Crippen LogP contribution in [-0.4, -0.2) is 61.3 Å². The first-order valence-electron chi connectivity index (χ1n) is 9.50. The van der Waals surface area contributed by atoms with Crippen molar-refractivity contribution < 1.29 is 33.0 Å². The molecule has 0 saturated heterocycles. The highest BCUT2D eigenvalue weighted by Gasteiger charge is 2.14. The Morgan fingerprint density at radius 3 is 2.09 bits per heavy atom. The predicted molar refractivity (Wildman–Crippen MR) is 115 cm³/mol. The summed E-state index contributed by atoms with van der Waals surface area (Å²) in [4.78, 5) is 25.2. The van der Waals surface area contributed by atoms with Crippen molar-refractivity contribution in [1.82, 2.24) is 10.2 Å². The van der Waals surface area contributed by atoms with E-state index in [2.05, 4.69) is 5.32 Å². The first-order chi connectivity index (χ1) is 15.2. The average molecular weight is 491 g/mol. The van der Waals surface area contributed by atoms with Crippen LogP contribution in [0, 0.1) is 11.6 Å². The van der Waals surface area contributed by atoms with Crippen LogP contribution in [0.25, 0.3) is 0 Å². The molecule has 0 aromatic heterocycles. The van der Waals surface area contributed by atoms with Gasteiger partial charge in [-0.2, -0.15) is 0 Å². The molecule has 2 N–H and O–H groups in total. The number of nitrogens with one attached hydrogen (secondary N) is 1. The Morgan fingerprint density at radius 2 is 1.56 bits per heavy atom. The highest BCUT2D eigenvalue weighted by molar-refractivity contribution is 6.31. The molecule has 0 unspecified atom stereocenters. The Balaban J connectivity index is 1.63. The van der Waals surface area contributed by atoms with Gasteiger partial charge in [-0.3, -0.25) is 9.59 Å². The van der Waals surface area contributed by atoms with Gasteiger partial charge in [-0.15, -0.1) is 0 Å². The maximum atomic E-state index is 13.4. The quantitative estimate of drug-likeness (QED) is 0.505. The van der Waals surface area contributed by atoms with Crippen molar-refractivity contribution in [1.29, 1.82) is 0 Å². The zero-order valence-electron chi connectivity index (χ0n) is 17.1. The highest BCUT2D eigenvalue weighted by Crippen LogP contribution is 2.21. The van der Waals surface area contributed by atoms with Gasteiger partial charge in [0.2, 0.25) is 0 Å². The molecule has 0 heterocycles. The van der Waals surface area contributed by atoms with Gasteiger partial charge in [0.1, 0.15) is 23.1 Å². The Kier molecular flexibility index (Phi) is 9.96. The minimum Gasteiger partial charge on any atom is -0.484 e. The van der Waals surface area contributed by atoms with Gasteiger partial charge < -0.3 is 24.8 Å². The van der Waals surface area contributed by atoms with E-state index in [4.69, 9.17) is 32.7 Å². The second-order valence-electron chi connectivity index (χ2n) is 6.79. The van der Waals surface area contributed by atoms with Gasteiger partial charge in [0.15, 0.2) is 13.2 Å². The molecular weight excluding hydrogens is 469 g/mol. The molecule has 0 aliphatic carbocycles. The van der Waals surface area contributed by atoms with Crippen LogP contribution in [0.15, 0.2) is 36.4 Å². The molecule has 32 heavy (non-hydrogen) atoms. The number of amides is 2. The number of likely N-dealkylation sites (N-methyl/N-ethyl adjacent to an activating group) is 1. The molecule has 0 saturated carbocycles. The fourth-order valence-corrected chi connectivity index (χ4v) is 2.62. The first-order valence-corrected chi connectivity index (χ1v) is 10.3. The number of aliphatic hydroxyl groups excluding tert-OH is 1. The summed E-state index contributed by atoms with van der Waals surface area (Å²) in [6.45, 7) is -0.531. The molecule has 0 spiro atoms. The molecular formula is C21H22Cl2F2N2O5. The van der Waals surface area contributed by atoms with Gasteiger partial charge in [0.05, 0.1) is 16.1 Å². The van der Waals surface area contributed by atoms with Gasteiger partial charge in [0, 0.05) is 32.3 Å². The minimum absolute atomic E-state index is 0.0488. The molecule has 2 aromatic carbocycles. The van der Waals surface area contributed by atoms with Crippen molar-refractivity contribution in [2.45, 2.75) is 12.5 Å². The predicted octanol–water partition coefficient (Wildman–Crippen LogP) is 3.06. The van der Waals surface area contributed by atoms with Crippen molar-refractivity contribution in [2.24, 2.45) is 0 Å². The Hall–Kier alpha value is -2.62. The highest BCUT2D eigenvalue weighted by atomic mass is 35.5. The van der Waals surface area contributed by atoms with E-state index in [0.717, 1.165) is 12.1 Å². The van der Waals surface area contributed by atoms with Crippen molar-refractivity contribution in [2.75, 3.05) is 33.4 Å². The number of rotatable bonds is 11. The number of carbonyl (C=O) groups is 2. The van der Waals surface area contributed by atoms with Gasteiger partial charge in [-0.05, 0) is 30.7 Å². The van der Waals surface area contributed by atoms with Gasteiger partial charge in [-0.1, -0.05) is 23.2 Å². The molecule has 0 aliphatic rings. The summed E-state index contributed by atoms with van der Waals surface area (Å²) >= 11 is 11.2. The monoisotopic (exact) mass is 490 g/mol. The van der Waals surface area contributed by atoms with Crippen molar-refractivity contribution in [3.63, 3.8) is 0 Å². The largest absolute Gasteiger partial charge is 0.484 e. The number of carbonyl (C=O) groups excluding carboxylic acids is 2. The minimum atomic E-state index is -0.909. The maximum Gasteiger partial charge on any atom is 0.260 e. The Labute approximate surface area is 193 Å². The van der Waals surface area contributed by atoms with Crippen LogP contribution in [0.4, 0.5) is 8.78 Å². The summed E-state index contributed by atoms with van der Waals surface area (Å²) in [5.74, 6) is -1.89. The number of nitrogens with zero attached hydrogens (tertiary/aromatic N) is 1. The number of hydrogen-bond acceptors (Lipinski definition) is 5. The van der Waals surface area contributed by atoms with Crippen LogP contribution in [0.2, 0.25) is 10.0 Å². The smallest absolute Gasteiger partial charge is 0.260 e. The number of hydrogen-bond donors (Lipinski definition) is 2. The molecule has 1 atom stereocenters. The SMILES string of the molecule is CN(CC[C@H](O)CNC(=O)COc1ccc(Cl)c(F)c1)C(=O)COc1ccc(Cl)c(F)c1. The van der Waals surface area contributed by atoms with E-state index in [9.17, 15) is 23.5 Å². The summed E-state index contributed by atoms with van der Waals surface area (Å²) in [5.41, 5.74) is 0. The fraction of sp³-hybridized carbons (Fsp3) is 0.333. The second-order valence-corrected chi connectivity index (χ2v) is 7.61. The van der Waals surface area contributed by atoms with E-state index >= 15 is 0 Å². The third-order valence-electron chi connectivity index (χ3n) is 4.27. The van der Waals surface area contributed by atoms with Crippen LogP contribution >= 0.6 is 23.2 Å². The molecule has 0 radical (unpaired) electrons. The molecule has 0 aliphatic heterocycles. The van der Waals surface area contributed by atoms with Crippen LogP contribution in [-0.2, 0) is 9.59 Å². The average Bonchev–Trinajstić information content (AvgIpc) is 2.77. The molecule has 174 valence electrons. The zero-order valence-corrected chi connectivity index (χ0v) is 18.6. The number of ether oxygens (including phenoxy) is 2. The Bertz CT molecular complexity index is 948. The van der Waals surface area contributed by atoms with E-state index in [1.54, 1.807) is 0 Å². The van der Waals surface area contributed by atoms with E-state index in [1.807, 2.05) is 0 Å². The molecule has 2 aromatic rings. The molecule has 0 bridgehead atoms. The van der Waals surface area contributed by atoms with Crippen LogP contribution in [0.1, 0.15) is 6.42 Å². The molecule has 2 rings (SSSR count). The lowest BCUT2D eigenvalue weighted by molar-refractivity contribution is -0.132. The topological polar surface area (TPSA) is 88.1 Å². The van der Waals surface area contributed by atoms with Crippen LogP contribution in [0.3, 0.4) is 0 Å². The van der Waals surface area contributed by atoms with Crippen molar-refractivity contribution in [3.8, 4) is 11.5 Å². The van der Waals surface area contributed by atoms with E-state index in [1.165, 1.54) is 36.2 Å².